The molecular weight excluding hydrogens is 321 g/mol. The SMILES string of the molecule is Cc1[nH]c2ccccc2c1C(=O)c1cc(F)ccc1Br. The normalized spacial score (nSPS) is 10.9. The average Bonchev–Trinajstić information content (AvgIpc) is 2.76. The second kappa shape index (κ2) is 4.87. The maximum atomic E-state index is 13.4. The van der Waals surface area contributed by atoms with Gasteiger partial charge in [-0.05, 0) is 31.2 Å². The Morgan fingerprint density at radius 3 is 2.75 bits per heavy atom. The molecule has 0 saturated carbocycles. The van der Waals surface area contributed by atoms with Crippen LogP contribution in [0.5, 0.6) is 0 Å². The van der Waals surface area contributed by atoms with E-state index in [2.05, 4.69) is 20.9 Å². The van der Waals surface area contributed by atoms with E-state index in [1.54, 1.807) is 6.07 Å². The van der Waals surface area contributed by atoms with Crippen LogP contribution in [0, 0.1) is 12.7 Å². The highest BCUT2D eigenvalue weighted by Crippen LogP contribution is 2.27. The van der Waals surface area contributed by atoms with Gasteiger partial charge in [0, 0.05) is 26.6 Å². The molecule has 0 unspecified atom stereocenters. The maximum absolute atomic E-state index is 13.4. The summed E-state index contributed by atoms with van der Waals surface area (Å²) in [5.74, 6) is -0.611. The molecule has 0 aliphatic rings. The highest BCUT2D eigenvalue weighted by Gasteiger charge is 2.19. The third kappa shape index (κ3) is 2.06. The van der Waals surface area contributed by atoms with Crippen molar-refractivity contribution in [1.29, 1.82) is 0 Å². The van der Waals surface area contributed by atoms with E-state index in [1.807, 2.05) is 31.2 Å². The van der Waals surface area contributed by atoms with Gasteiger partial charge in [-0.2, -0.15) is 0 Å². The molecule has 0 aliphatic carbocycles. The van der Waals surface area contributed by atoms with E-state index < -0.39 is 5.82 Å². The van der Waals surface area contributed by atoms with Crippen LogP contribution in [-0.4, -0.2) is 10.8 Å². The average molecular weight is 332 g/mol. The van der Waals surface area contributed by atoms with Crippen LogP contribution in [0.3, 0.4) is 0 Å². The van der Waals surface area contributed by atoms with E-state index in [4.69, 9.17) is 0 Å². The Bertz CT molecular complexity index is 822. The highest BCUT2D eigenvalue weighted by atomic mass is 79.9. The summed E-state index contributed by atoms with van der Waals surface area (Å²) in [5, 5.41) is 0.853. The fourth-order valence-corrected chi connectivity index (χ4v) is 2.80. The predicted octanol–water partition coefficient (Wildman–Crippen LogP) is 4.61. The number of carbonyl (C=O) groups excluding carboxylic acids is 1. The molecule has 4 heteroatoms. The summed E-state index contributed by atoms with van der Waals surface area (Å²) in [7, 11) is 0. The Morgan fingerprint density at radius 2 is 1.95 bits per heavy atom. The van der Waals surface area contributed by atoms with Crippen molar-refractivity contribution >= 4 is 32.6 Å². The number of aromatic amines is 1. The smallest absolute Gasteiger partial charge is 0.196 e. The standard InChI is InChI=1S/C16H11BrFNO/c1-9-15(11-4-2-3-5-14(11)19-9)16(20)12-8-10(18)6-7-13(12)17/h2-8,19H,1H3. The summed E-state index contributed by atoms with van der Waals surface area (Å²) < 4.78 is 14.0. The van der Waals surface area contributed by atoms with Crippen molar-refractivity contribution < 1.29 is 9.18 Å². The Morgan fingerprint density at radius 1 is 1.20 bits per heavy atom. The Kier molecular flexibility index (Phi) is 3.18. The summed E-state index contributed by atoms with van der Waals surface area (Å²) in [5.41, 5.74) is 2.61. The molecule has 0 bridgehead atoms. The zero-order valence-corrected chi connectivity index (χ0v) is 12.3. The topological polar surface area (TPSA) is 32.9 Å². The summed E-state index contributed by atoms with van der Waals surface area (Å²) in [6, 6.07) is 11.7. The number of aromatic nitrogens is 1. The minimum absolute atomic E-state index is 0.189. The molecule has 0 spiro atoms. The van der Waals surface area contributed by atoms with Gasteiger partial charge in [0.05, 0.1) is 5.56 Å². The van der Waals surface area contributed by atoms with Gasteiger partial charge in [-0.3, -0.25) is 4.79 Å². The lowest BCUT2D eigenvalue weighted by Gasteiger charge is -2.04. The van der Waals surface area contributed by atoms with Gasteiger partial charge >= 0.3 is 0 Å². The van der Waals surface area contributed by atoms with E-state index in [9.17, 15) is 9.18 Å². The van der Waals surface area contributed by atoms with Crippen LogP contribution >= 0.6 is 15.9 Å². The van der Waals surface area contributed by atoms with Crippen molar-refractivity contribution in [1.82, 2.24) is 4.98 Å². The molecule has 0 atom stereocenters. The third-order valence-electron chi connectivity index (χ3n) is 3.29. The van der Waals surface area contributed by atoms with Gasteiger partial charge in [0.25, 0.3) is 0 Å². The molecule has 20 heavy (non-hydrogen) atoms. The van der Waals surface area contributed by atoms with Crippen LogP contribution in [-0.2, 0) is 0 Å². The predicted molar refractivity (Wildman–Crippen MR) is 80.6 cm³/mol. The number of ketones is 1. The molecule has 100 valence electrons. The fourth-order valence-electron chi connectivity index (χ4n) is 2.38. The minimum atomic E-state index is -0.422. The monoisotopic (exact) mass is 331 g/mol. The van der Waals surface area contributed by atoms with E-state index in [-0.39, 0.29) is 5.78 Å². The quantitative estimate of drug-likeness (QED) is 0.683. The molecule has 2 aromatic carbocycles. The van der Waals surface area contributed by atoms with Gasteiger partial charge < -0.3 is 4.98 Å². The molecule has 0 fully saturated rings. The number of fused-ring (bicyclic) bond motifs is 1. The minimum Gasteiger partial charge on any atom is -0.358 e. The van der Waals surface area contributed by atoms with E-state index >= 15 is 0 Å². The van der Waals surface area contributed by atoms with Crippen LogP contribution in [0.15, 0.2) is 46.9 Å². The lowest BCUT2D eigenvalue weighted by atomic mass is 10.0. The number of H-pyrrole nitrogens is 1. The number of hydrogen-bond acceptors (Lipinski definition) is 1. The number of nitrogens with one attached hydrogen (secondary N) is 1. The van der Waals surface area contributed by atoms with E-state index in [0.29, 0.717) is 15.6 Å². The number of para-hydroxylation sites is 1. The lowest BCUT2D eigenvalue weighted by molar-refractivity contribution is 0.103. The zero-order chi connectivity index (χ0) is 14.3. The van der Waals surface area contributed by atoms with Crippen molar-refractivity contribution in [2.45, 2.75) is 6.92 Å². The molecule has 0 aliphatic heterocycles. The lowest BCUT2D eigenvalue weighted by Crippen LogP contribution is -2.04. The van der Waals surface area contributed by atoms with Crippen LogP contribution in [0.1, 0.15) is 21.6 Å². The molecule has 1 aromatic heterocycles. The van der Waals surface area contributed by atoms with Gasteiger partial charge in [-0.25, -0.2) is 4.39 Å². The van der Waals surface area contributed by atoms with Crippen molar-refractivity contribution in [3.8, 4) is 0 Å². The zero-order valence-electron chi connectivity index (χ0n) is 10.7. The first kappa shape index (κ1) is 13.1. The van der Waals surface area contributed by atoms with Gasteiger partial charge in [-0.1, -0.05) is 34.1 Å². The van der Waals surface area contributed by atoms with Crippen molar-refractivity contribution in [2.24, 2.45) is 0 Å². The second-order valence-corrected chi connectivity index (χ2v) is 5.48. The number of benzene rings is 2. The molecule has 0 saturated heterocycles. The van der Waals surface area contributed by atoms with Crippen molar-refractivity contribution in [3.63, 3.8) is 0 Å². The van der Waals surface area contributed by atoms with Crippen molar-refractivity contribution in [3.05, 3.63) is 69.6 Å². The first-order valence-electron chi connectivity index (χ1n) is 6.15. The molecule has 0 radical (unpaired) electrons. The Labute approximate surface area is 123 Å². The molecule has 1 heterocycles. The molecule has 2 nitrogen and oxygen atoms in total. The molecule has 0 amide bonds. The summed E-state index contributed by atoms with van der Waals surface area (Å²) in [6.45, 7) is 1.85. The Hall–Kier alpha value is -1.94. The largest absolute Gasteiger partial charge is 0.358 e. The van der Waals surface area contributed by atoms with Gasteiger partial charge in [0.15, 0.2) is 5.78 Å². The number of carbonyl (C=O) groups is 1. The summed E-state index contributed by atoms with van der Waals surface area (Å²) in [4.78, 5) is 15.9. The number of rotatable bonds is 2. The maximum Gasteiger partial charge on any atom is 0.196 e. The van der Waals surface area contributed by atoms with Crippen LogP contribution in [0.2, 0.25) is 0 Å². The van der Waals surface area contributed by atoms with E-state index in [0.717, 1.165) is 16.6 Å². The summed E-state index contributed by atoms with van der Waals surface area (Å²) in [6.07, 6.45) is 0. The number of hydrogen-bond donors (Lipinski definition) is 1. The highest BCUT2D eigenvalue weighted by molar-refractivity contribution is 9.10. The van der Waals surface area contributed by atoms with Gasteiger partial charge in [0.2, 0.25) is 0 Å². The third-order valence-corrected chi connectivity index (χ3v) is 3.99. The first-order valence-corrected chi connectivity index (χ1v) is 6.94. The molecule has 3 aromatic rings. The fraction of sp³-hybridized carbons (Fsp3) is 0.0625. The number of halogens is 2. The molecular formula is C16H11BrFNO. The van der Waals surface area contributed by atoms with E-state index in [1.165, 1.54) is 12.1 Å². The van der Waals surface area contributed by atoms with Crippen molar-refractivity contribution in [2.75, 3.05) is 0 Å². The van der Waals surface area contributed by atoms with Crippen LogP contribution < -0.4 is 0 Å². The van der Waals surface area contributed by atoms with Crippen LogP contribution in [0.4, 0.5) is 4.39 Å². The van der Waals surface area contributed by atoms with Gasteiger partial charge in [-0.15, -0.1) is 0 Å². The summed E-state index contributed by atoms with van der Waals surface area (Å²) >= 11 is 3.31. The molecule has 1 N–H and O–H groups in total. The first-order chi connectivity index (χ1) is 9.58. The van der Waals surface area contributed by atoms with Crippen LogP contribution in [0.25, 0.3) is 10.9 Å². The molecule has 3 rings (SSSR count). The Balaban J connectivity index is 2.22. The number of aryl methyl sites for hydroxylation is 1. The second-order valence-electron chi connectivity index (χ2n) is 4.62. The van der Waals surface area contributed by atoms with Gasteiger partial charge in [0.1, 0.15) is 5.82 Å².